The molecule has 1 saturated carbocycles. The molecule has 3 rings (SSSR count). The van der Waals surface area contributed by atoms with Crippen molar-refractivity contribution in [2.45, 2.75) is 51.9 Å². The summed E-state index contributed by atoms with van der Waals surface area (Å²) in [6.45, 7) is 2.48. The van der Waals surface area contributed by atoms with Crippen LogP contribution in [0, 0.1) is 18.2 Å². The Morgan fingerprint density at radius 1 is 1.07 bits per heavy atom. The quantitative estimate of drug-likeness (QED) is 0.404. The van der Waals surface area contributed by atoms with Crippen LogP contribution in [0.1, 0.15) is 61.4 Å². The van der Waals surface area contributed by atoms with E-state index >= 15 is 0 Å². The van der Waals surface area contributed by atoms with Crippen molar-refractivity contribution in [2.75, 3.05) is 6.61 Å². The van der Waals surface area contributed by atoms with Gasteiger partial charge in [0.05, 0.1) is 12.2 Å². The van der Waals surface area contributed by atoms with E-state index in [1.54, 1.807) is 18.2 Å². The van der Waals surface area contributed by atoms with E-state index < -0.39 is 11.8 Å². The van der Waals surface area contributed by atoms with E-state index in [0.717, 1.165) is 18.8 Å². The third-order valence-electron chi connectivity index (χ3n) is 5.17. The van der Waals surface area contributed by atoms with Crippen LogP contribution in [0.25, 0.3) is 0 Å². The van der Waals surface area contributed by atoms with E-state index in [0.29, 0.717) is 18.1 Å². The molecule has 0 bridgehead atoms. The zero-order chi connectivity index (χ0) is 19.8. The van der Waals surface area contributed by atoms with E-state index in [2.05, 4.69) is 6.42 Å². The lowest BCUT2D eigenvalue weighted by Gasteiger charge is -2.21. The van der Waals surface area contributed by atoms with Gasteiger partial charge in [-0.3, -0.25) is 0 Å². The highest BCUT2D eigenvalue weighted by molar-refractivity contribution is 5.91. The van der Waals surface area contributed by atoms with Crippen molar-refractivity contribution >= 4 is 5.97 Å². The second kappa shape index (κ2) is 10.3. The van der Waals surface area contributed by atoms with Gasteiger partial charge in [-0.1, -0.05) is 31.9 Å². The predicted octanol–water partition coefficient (Wildman–Crippen LogP) is 6.16. The van der Waals surface area contributed by atoms with Crippen LogP contribution in [-0.4, -0.2) is 12.6 Å². The highest BCUT2D eigenvalue weighted by Gasteiger charge is 2.16. The Morgan fingerprint density at radius 2 is 1.79 bits per heavy atom. The van der Waals surface area contributed by atoms with Crippen molar-refractivity contribution in [3.8, 4) is 11.5 Å². The van der Waals surface area contributed by atoms with Crippen molar-refractivity contribution < 1.29 is 18.7 Å². The average molecular weight is 383 g/mol. The highest BCUT2D eigenvalue weighted by atomic mass is 19.1. The second-order valence-electron chi connectivity index (χ2n) is 7.37. The number of benzene rings is 2. The van der Waals surface area contributed by atoms with Crippen molar-refractivity contribution in [1.82, 2.24) is 0 Å². The molecule has 0 heterocycles. The lowest BCUT2D eigenvalue weighted by molar-refractivity contribution is 0.0730. The van der Waals surface area contributed by atoms with Crippen molar-refractivity contribution in [1.29, 1.82) is 0 Å². The summed E-state index contributed by atoms with van der Waals surface area (Å²) in [6, 6.07) is 11.7. The number of hydrogen-bond acceptors (Lipinski definition) is 3. The fourth-order valence-corrected chi connectivity index (χ4v) is 3.51. The fraction of sp³-hybridized carbons (Fsp3) is 0.417. The van der Waals surface area contributed by atoms with E-state index in [4.69, 9.17) is 9.47 Å². The molecule has 0 amide bonds. The van der Waals surface area contributed by atoms with Gasteiger partial charge in [0.25, 0.3) is 0 Å². The Bertz CT molecular complexity index is 764. The minimum Gasteiger partial charge on any atom is -0.494 e. The van der Waals surface area contributed by atoms with Crippen LogP contribution in [0.5, 0.6) is 11.5 Å². The molecular weight excluding hydrogens is 355 g/mol. The van der Waals surface area contributed by atoms with Crippen LogP contribution in [0.15, 0.2) is 42.5 Å². The van der Waals surface area contributed by atoms with Crippen molar-refractivity contribution in [3.05, 3.63) is 65.8 Å². The first-order valence-corrected chi connectivity index (χ1v) is 10.2. The van der Waals surface area contributed by atoms with E-state index in [1.165, 1.54) is 49.8 Å². The summed E-state index contributed by atoms with van der Waals surface area (Å²) < 4.78 is 24.9. The SMILES string of the molecule is CCCOc1ccc(C(=O)Oc2ccc(CCC3CC[CH]CC3)cc2)c(F)c1. The normalized spacial score (nSPS) is 14.6. The number of esters is 1. The monoisotopic (exact) mass is 383 g/mol. The molecule has 0 N–H and O–H groups in total. The summed E-state index contributed by atoms with van der Waals surface area (Å²) in [5, 5.41) is 0. The second-order valence-corrected chi connectivity index (χ2v) is 7.37. The van der Waals surface area contributed by atoms with Gasteiger partial charge in [0.2, 0.25) is 0 Å². The van der Waals surface area contributed by atoms with E-state index in [-0.39, 0.29) is 5.56 Å². The third-order valence-corrected chi connectivity index (χ3v) is 5.17. The summed E-state index contributed by atoms with van der Waals surface area (Å²) in [5.74, 6) is 0.309. The number of ether oxygens (including phenoxy) is 2. The largest absolute Gasteiger partial charge is 0.494 e. The first-order valence-electron chi connectivity index (χ1n) is 10.2. The van der Waals surface area contributed by atoms with Crippen LogP contribution in [0.2, 0.25) is 0 Å². The molecule has 2 aromatic rings. The molecule has 28 heavy (non-hydrogen) atoms. The Balaban J connectivity index is 1.53. The number of carbonyl (C=O) groups is 1. The van der Waals surface area contributed by atoms with Gasteiger partial charge in [0, 0.05) is 6.07 Å². The lowest BCUT2D eigenvalue weighted by atomic mass is 9.85. The third kappa shape index (κ3) is 5.82. The van der Waals surface area contributed by atoms with Crippen LogP contribution in [0.4, 0.5) is 4.39 Å². The number of halogens is 1. The Labute approximate surface area is 166 Å². The van der Waals surface area contributed by atoms with E-state index in [1.807, 2.05) is 19.1 Å². The molecule has 0 atom stereocenters. The summed E-state index contributed by atoms with van der Waals surface area (Å²) in [4.78, 5) is 12.3. The maximum atomic E-state index is 14.2. The molecule has 0 unspecified atom stereocenters. The molecule has 0 aliphatic heterocycles. The molecule has 4 heteroatoms. The predicted molar refractivity (Wildman–Crippen MR) is 108 cm³/mol. The molecule has 0 spiro atoms. The smallest absolute Gasteiger partial charge is 0.346 e. The first kappa shape index (κ1) is 20.4. The van der Waals surface area contributed by atoms with Gasteiger partial charge < -0.3 is 9.47 Å². The fourth-order valence-electron chi connectivity index (χ4n) is 3.51. The van der Waals surface area contributed by atoms with Gasteiger partial charge in [0.15, 0.2) is 0 Å². The van der Waals surface area contributed by atoms with Gasteiger partial charge in [-0.05, 0) is 74.3 Å². The Hall–Kier alpha value is -2.36. The average Bonchev–Trinajstić information content (AvgIpc) is 2.72. The Morgan fingerprint density at radius 3 is 2.46 bits per heavy atom. The molecule has 1 radical (unpaired) electrons. The zero-order valence-electron chi connectivity index (χ0n) is 16.5. The minimum absolute atomic E-state index is 0.0953. The maximum Gasteiger partial charge on any atom is 0.346 e. The van der Waals surface area contributed by atoms with Gasteiger partial charge in [0.1, 0.15) is 17.3 Å². The van der Waals surface area contributed by atoms with Gasteiger partial charge >= 0.3 is 5.97 Å². The first-order chi connectivity index (χ1) is 13.7. The summed E-state index contributed by atoms with van der Waals surface area (Å²) >= 11 is 0. The zero-order valence-corrected chi connectivity index (χ0v) is 16.5. The van der Waals surface area contributed by atoms with Crippen LogP contribution in [-0.2, 0) is 6.42 Å². The Kier molecular flexibility index (Phi) is 7.46. The molecule has 2 aromatic carbocycles. The molecule has 1 aliphatic carbocycles. The standard InChI is InChI=1S/C24H28FO3/c1-2-16-27-21-14-15-22(23(25)17-21)24(26)28-20-12-10-19(11-13-20)9-8-18-6-4-3-5-7-18/h3,10-15,17-18H,2,4-9,16H2,1H3. The molecule has 1 aliphatic rings. The van der Waals surface area contributed by atoms with Gasteiger partial charge in [-0.2, -0.15) is 0 Å². The summed E-state index contributed by atoms with van der Waals surface area (Å²) in [7, 11) is 0. The van der Waals surface area contributed by atoms with E-state index in [9.17, 15) is 9.18 Å². The minimum atomic E-state index is -0.703. The van der Waals surface area contributed by atoms with Crippen molar-refractivity contribution in [2.24, 2.45) is 5.92 Å². The van der Waals surface area contributed by atoms with Crippen molar-refractivity contribution in [3.63, 3.8) is 0 Å². The van der Waals surface area contributed by atoms with Gasteiger partial charge in [-0.25, -0.2) is 9.18 Å². The number of rotatable bonds is 8. The van der Waals surface area contributed by atoms with Crippen LogP contribution >= 0.6 is 0 Å². The number of aryl methyl sites for hydroxylation is 1. The molecule has 1 fully saturated rings. The molecule has 3 nitrogen and oxygen atoms in total. The van der Waals surface area contributed by atoms with Crippen LogP contribution in [0.3, 0.4) is 0 Å². The molecular formula is C24H28FO3. The van der Waals surface area contributed by atoms with Crippen LogP contribution < -0.4 is 9.47 Å². The maximum absolute atomic E-state index is 14.2. The molecule has 149 valence electrons. The molecule has 0 saturated heterocycles. The summed E-state index contributed by atoms with van der Waals surface area (Å²) in [5.41, 5.74) is 1.14. The number of hydrogen-bond donors (Lipinski definition) is 0. The molecule has 0 aromatic heterocycles. The topological polar surface area (TPSA) is 35.5 Å². The lowest BCUT2D eigenvalue weighted by Crippen LogP contribution is -2.11. The highest BCUT2D eigenvalue weighted by Crippen LogP contribution is 2.27. The summed E-state index contributed by atoms with van der Waals surface area (Å²) in [6.07, 6.45) is 10.5. The number of carbonyl (C=O) groups excluding carboxylic acids is 1. The van der Waals surface area contributed by atoms with Gasteiger partial charge in [-0.15, -0.1) is 0 Å².